The van der Waals surface area contributed by atoms with E-state index in [1.807, 2.05) is 0 Å². The smallest absolute Gasteiger partial charge is 0.387 e. The number of halogens is 3. The third-order valence-corrected chi connectivity index (χ3v) is 2.53. The number of aromatic nitrogens is 1. The minimum Gasteiger partial charge on any atom is -0.433 e. The van der Waals surface area contributed by atoms with Crippen LogP contribution in [0.15, 0.2) is 24.4 Å². The molecule has 2 rings (SSSR count). The van der Waals surface area contributed by atoms with Crippen LogP contribution >= 0.6 is 11.6 Å². The normalized spacial score (nSPS) is 10.9. The Balaban J connectivity index is 2.53. The fraction of sp³-hybridized carbons (Fsp3) is 0.0909. The van der Waals surface area contributed by atoms with Gasteiger partial charge < -0.3 is 10.5 Å². The van der Waals surface area contributed by atoms with Crippen LogP contribution in [0.25, 0.3) is 10.9 Å². The topological polar surface area (TPSA) is 65.2 Å². The Kier molecular flexibility index (Phi) is 3.29. The second-order valence-electron chi connectivity index (χ2n) is 3.44. The molecule has 0 aliphatic carbocycles. The summed E-state index contributed by atoms with van der Waals surface area (Å²) in [5, 5.41) is 0.518. The van der Waals surface area contributed by atoms with Gasteiger partial charge in [0.2, 0.25) is 5.91 Å². The summed E-state index contributed by atoms with van der Waals surface area (Å²) in [5.41, 5.74) is 5.69. The van der Waals surface area contributed by atoms with Crippen molar-refractivity contribution in [2.24, 2.45) is 5.73 Å². The number of ether oxygens (including phenoxy) is 1. The molecule has 4 nitrogen and oxygen atoms in total. The number of alkyl halides is 2. The molecule has 0 radical (unpaired) electrons. The van der Waals surface area contributed by atoms with Gasteiger partial charge in [0.1, 0.15) is 5.75 Å². The van der Waals surface area contributed by atoms with E-state index in [2.05, 4.69) is 9.72 Å². The second kappa shape index (κ2) is 4.73. The Morgan fingerprint density at radius 1 is 1.39 bits per heavy atom. The molecule has 0 spiro atoms. The van der Waals surface area contributed by atoms with Gasteiger partial charge in [-0.1, -0.05) is 11.6 Å². The van der Waals surface area contributed by atoms with Gasteiger partial charge in [0.05, 0.1) is 16.1 Å². The molecule has 0 aliphatic rings. The number of fused-ring (bicyclic) bond motifs is 1. The van der Waals surface area contributed by atoms with Crippen molar-refractivity contribution in [2.45, 2.75) is 6.61 Å². The third-order valence-electron chi connectivity index (χ3n) is 2.24. The van der Waals surface area contributed by atoms with Gasteiger partial charge in [0, 0.05) is 17.6 Å². The number of nitrogens with two attached hydrogens (primary N) is 1. The Hall–Kier alpha value is -1.95. The van der Waals surface area contributed by atoms with Gasteiger partial charge in [0.15, 0.2) is 0 Å². The molecule has 0 saturated carbocycles. The fourth-order valence-corrected chi connectivity index (χ4v) is 1.67. The first-order valence-corrected chi connectivity index (χ1v) is 5.19. The van der Waals surface area contributed by atoms with E-state index in [1.54, 1.807) is 0 Å². The number of rotatable bonds is 3. The number of hydrogen-bond acceptors (Lipinski definition) is 3. The van der Waals surface area contributed by atoms with Crippen molar-refractivity contribution in [3.63, 3.8) is 0 Å². The Bertz CT molecular complexity index is 619. The number of nitrogens with zero attached hydrogens (tertiary/aromatic N) is 1. The summed E-state index contributed by atoms with van der Waals surface area (Å²) >= 11 is 5.78. The van der Waals surface area contributed by atoms with Gasteiger partial charge in [-0.25, -0.2) is 0 Å². The van der Waals surface area contributed by atoms with Gasteiger partial charge in [0.25, 0.3) is 0 Å². The predicted molar refractivity (Wildman–Crippen MR) is 61.9 cm³/mol. The Morgan fingerprint density at radius 3 is 2.72 bits per heavy atom. The maximum absolute atomic E-state index is 12.1. The maximum atomic E-state index is 12.1. The lowest BCUT2D eigenvalue weighted by molar-refractivity contribution is -0.0497. The van der Waals surface area contributed by atoms with Gasteiger partial charge in [-0.2, -0.15) is 8.78 Å². The molecule has 0 fully saturated rings. The molecule has 18 heavy (non-hydrogen) atoms. The van der Waals surface area contributed by atoms with Crippen LogP contribution in [-0.4, -0.2) is 17.5 Å². The van der Waals surface area contributed by atoms with Crippen molar-refractivity contribution in [3.8, 4) is 5.75 Å². The van der Waals surface area contributed by atoms with Crippen LogP contribution in [0, 0.1) is 0 Å². The van der Waals surface area contributed by atoms with Crippen molar-refractivity contribution >= 4 is 28.4 Å². The van der Waals surface area contributed by atoms with Crippen molar-refractivity contribution in [1.29, 1.82) is 0 Å². The van der Waals surface area contributed by atoms with Crippen LogP contribution in [0.1, 0.15) is 10.4 Å². The van der Waals surface area contributed by atoms with E-state index in [9.17, 15) is 13.6 Å². The van der Waals surface area contributed by atoms with E-state index in [4.69, 9.17) is 17.3 Å². The number of primary amides is 1. The van der Waals surface area contributed by atoms with Crippen molar-refractivity contribution in [1.82, 2.24) is 4.98 Å². The molecule has 1 aromatic carbocycles. The highest BCUT2D eigenvalue weighted by molar-refractivity contribution is 6.32. The van der Waals surface area contributed by atoms with Gasteiger partial charge >= 0.3 is 6.61 Å². The lowest BCUT2D eigenvalue weighted by atomic mass is 10.1. The number of pyridine rings is 1. The predicted octanol–water partition coefficient (Wildman–Crippen LogP) is 2.59. The van der Waals surface area contributed by atoms with E-state index in [0.717, 1.165) is 0 Å². The Morgan fingerprint density at radius 2 is 2.11 bits per heavy atom. The van der Waals surface area contributed by atoms with Crippen LogP contribution in [0.4, 0.5) is 8.78 Å². The quantitative estimate of drug-likeness (QED) is 0.934. The van der Waals surface area contributed by atoms with E-state index in [-0.39, 0.29) is 16.3 Å². The largest absolute Gasteiger partial charge is 0.433 e. The Labute approximate surface area is 105 Å². The summed E-state index contributed by atoms with van der Waals surface area (Å²) in [6, 6.07) is 4.13. The summed E-state index contributed by atoms with van der Waals surface area (Å²) in [7, 11) is 0. The molecular weight excluding hydrogens is 266 g/mol. The number of carbonyl (C=O) groups excluding carboxylic acids is 1. The minimum atomic E-state index is -2.97. The highest BCUT2D eigenvalue weighted by Gasteiger charge is 2.11. The number of amides is 1. The van der Waals surface area contributed by atoms with Crippen molar-refractivity contribution in [3.05, 3.63) is 35.0 Å². The molecule has 0 bridgehead atoms. The van der Waals surface area contributed by atoms with E-state index in [1.165, 1.54) is 24.4 Å². The van der Waals surface area contributed by atoms with Crippen molar-refractivity contribution in [2.75, 3.05) is 0 Å². The summed E-state index contributed by atoms with van der Waals surface area (Å²) in [6.45, 7) is -2.97. The monoisotopic (exact) mass is 272 g/mol. The zero-order valence-corrected chi connectivity index (χ0v) is 9.62. The summed E-state index contributed by atoms with van der Waals surface area (Å²) < 4.78 is 28.5. The van der Waals surface area contributed by atoms with Crippen LogP contribution in [0.2, 0.25) is 5.02 Å². The number of hydrogen-bond donors (Lipinski definition) is 1. The number of benzene rings is 1. The van der Waals surface area contributed by atoms with E-state index in [0.29, 0.717) is 10.9 Å². The van der Waals surface area contributed by atoms with Crippen LogP contribution in [0.5, 0.6) is 5.75 Å². The van der Waals surface area contributed by atoms with Gasteiger partial charge in [-0.3, -0.25) is 9.78 Å². The third kappa shape index (κ3) is 2.48. The molecular formula is C11H7ClF2N2O2. The first-order chi connectivity index (χ1) is 8.47. The molecule has 1 heterocycles. The summed E-state index contributed by atoms with van der Waals surface area (Å²) in [4.78, 5) is 14.9. The minimum absolute atomic E-state index is 0.00576. The molecule has 0 aliphatic heterocycles. The zero-order chi connectivity index (χ0) is 13.3. The van der Waals surface area contributed by atoms with E-state index >= 15 is 0 Å². The van der Waals surface area contributed by atoms with Crippen LogP contribution < -0.4 is 10.5 Å². The fourth-order valence-electron chi connectivity index (χ4n) is 1.45. The molecule has 94 valence electrons. The first-order valence-electron chi connectivity index (χ1n) is 4.81. The standard InChI is InChI=1S/C11H7ClF2N2O2/c12-7-2-5-1-6(10(15)17)4-16-8(5)3-9(7)18-11(13)14/h1-4,11H,(H2,15,17). The highest BCUT2D eigenvalue weighted by Crippen LogP contribution is 2.30. The van der Waals surface area contributed by atoms with Gasteiger partial charge in [-0.15, -0.1) is 0 Å². The highest BCUT2D eigenvalue weighted by atomic mass is 35.5. The van der Waals surface area contributed by atoms with E-state index < -0.39 is 12.5 Å². The summed E-state index contributed by atoms with van der Waals surface area (Å²) in [6.07, 6.45) is 1.25. The SMILES string of the molecule is NC(=O)c1cnc2cc(OC(F)F)c(Cl)cc2c1. The molecule has 1 aromatic heterocycles. The van der Waals surface area contributed by atoms with Crippen molar-refractivity contribution < 1.29 is 18.3 Å². The first kappa shape index (κ1) is 12.5. The molecule has 0 unspecified atom stereocenters. The lowest BCUT2D eigenvalue weighted by Crippen LogP contribution is -2.11. The summed E-state index contributed by atoms with van der Waals surface area (Å²) in [5.74, 6) is -0.799. The lowest BCUT2D eigenvalue weighted by Gasteiger charge is -2.08. The van der Waals surface area contributed by atoms with Crippen LogP contribution in [-0.2, 0) is 0 Å². The zero-order valence-electron chi connectivity index (χ0n) is 8.86. The second-order valence-corrected chi connectivity index (χ2v) is 3.85. The molecule has 2 aromatic rings. The van der Waals surface area contributed by atoms with Gasteiger partial charge in [-0.05, 0) is 12.1 Å². The molecule has 7 heteroatoms. The number of carbonyl (C=O) groups is 1. The average Bonchev–Trinajstić information content (AvgIpc) is 2.28. The van der Waals surface area contributed by atoms with Crippen LogP contribution in [0.3, 0.4) is 0 Å². The average molecular weight is 273 g/mol. The molecule has 1 amide bonds. The molecule has 0 saturated heterocycles. The molecule has 2 N–H and O–H groups in total. The maximum Gasteiger partial charge on any atom is 0.387 e. The molecule has 0 atom stereocenters.